The highest BCUT2D eigenvalue weighted by atomic mass is 32.2. The number of thioether (sulfide) groups is 1. The fourth-order valence-electron chi connectivity index (χ4n) is 3.22. The Hall–Kier alpha value is -3.66. The molecule has 1 aliphatic rings. The highest BCUT2D eigenvalue weighted by Gasteiger charge is 2.25. The summed E-state index contributed by atoms with van der Waals surface area (Å²) in [4.78, 5) is 35.5. The monoisotopic (exact) mass is 437 g/mol. The summed E-state index contributed by atoms with van der Waals surface area (Å²) in [5.41, 5.74) is 2.93. The van der Waals surface area contributed by atoms with Crippen molar-refractivity contribution in [2.75, 3.05) is 5.32 Å². The molecule has 0 unspecified atom stereocenters. The zero-order chi connectivity index (χ0) is 21.8. The predicted molar refractivity (Wildman–Crippen MR) is 117 cm³/mol. The number of carbonyl (C=O) groups is 2. The summed E-state index contributed by atoms with van der Waals surface area (Å²) < 4.78 is 1.51. The molecular formula is C21H19N5O4S. The van der Waals surface area contributed by atoms with E-state index in [9.17, 15) is 19.7 Å². The Morgan fingerprint density at radius 2 is 1.84 bits per heavy atom. The van der Waals surface area contributed by atoms with E-state index in [1.54, 1.807) is 11.8 Å². The molecule has 0 spiro atoms. The van der Waals surface area contributed by atoms with Gasteiger partial charge in [0, 0.05) is 41.3 Å². The number of non-ortho nitro benzene ring substituents is 1. The van der Waals surface area contributed by atoms with Gasteiger partial charge in [0.25, 0.3) is 11.6 Å². The number of nitro groups is 1. The zero-order valence-electron chi connectivity index (χ0n) is 16.4. The van der Waals surface area contributed by atoms with Crippen LogP contribution in [0.5, 0.6) is 0 Å². The Labute approximate surface area is 182 Å². The lowest BCUT2D eigenvalue weighted by atomic mass is 10.2. The molecule has 0 bridgehead atoms. The maximum Gasteiger partial charge on any atom is 0.269 e. The summed E-state index contributed by atoms with van der Waals surface area (Å²) in [6.07, 6.45) is 0. The van der Waals surface area contributed by atoms with Gasteiger partial charge >= 0.3 is 0 Å². The van der Waals surface area contributed by atoms with Gasteiger partial charge in [-0.1, -0.05) is 30.3 Å². The molecule has 0 saturated heterocycles. The van der Waals surface area contributed by atoms with Crippen molar-refractivity contribution in [1.82, 2.24) is 15.1 Å². The quantitative estimate of drug-likeness (QED) is 0.433. The molecule has 2 amide bonds. The van der Waals surface area contributed by atoms with Gasteiger partial charge in [0.15, 0.2) is 0 Å². The molecule has 9 nitrogen and oxygen atoms in total. The first-order valence-electron chi connectivity index (χ1n) is 9.54. The number of carbonyl (C=O) groups excluding carboxylic acids is 2. The van der Waals surface area contributed by atoms with Crippen molar-refractivity contribution in [3.63, 3.8) is 0 Å². The molecule has 10 heteroatoms. The maximum absolute atomic E-state index is 12.7. The van der Waals surface area contributed by atoms with Crippen molar-refractivity contribution in [2.24, 2.45) is 0 Å². The van der Waals surface area contributed by atoms with Gasteiger partial charge in [0.05, 0.1) is 10.6 Å². The summed E-state index contributed by atoms with van der Waals surface area (Å²) in [5.74, 6) is 1.26. The van der Waals surface area contributed by atoms with Gasteiger partial charge in [-0.3, -0.25) is 19.7 Å². The van der Waals surface area contributed by atoms with Crippen molar-refractivity contribution < 1.29 is 14.5 Å². The van der Waals surface area contributed by atoms with Crippen LogP contribution in [-0.4, -0.2) is 26.5 Å². The standard InChI is InChI=1S/C21H19N5O4S/c27-19(22-10-14-4-2-1-3-5-14)11-25-20(17-12-31-13-18(17)24-25)23-21(28)15-6-8-16(9-7-15)26(29)30/h1-9H,10-13H2,(H,22,27)(H,23,28). The lowest BCUT2D eigenvalue weighted by Crippen LogP contribution is -2.28. The first-order valence-corrected chi connectivity index (χ1v) is 10.7. The molecule has 0 atom stereocenters. The van der Waals surface area contributed by atoms with Crippen LogP contribution in [0.4, 0.5) is 11.5 Å². The average Bonchev–Trinajstić information content (AvgIpc) is 3.35. The average molecular weight is 437 g/mol. The molecule has 0 saturated carbocycles. The van der Waals surface area contributed by atoms with E-state index in [-0.39, 0.29) is 23.7 Å². The number of hydrogen-bond donors (Lipinski definition) is 2. The van der Waals surface area contributed by atoms with Crippen molar-refractivity contribution in [2.45, 2.75) is 24.6 Å². The van der Waals surface area contributed by atoms with Crippen LogP contribution >= 0.6 is 11.8 Å². The van der Waals surface area contributed by atoms with Crippen LogP contribution in [-0.2, 0) is 29.4 Å². The lowest BCUT2D eigenvalue weighted by Gasteiger charge is -2.11. The largest absolute Gasteiger partial charge is 0.350 e. The van der Waals surface area contributed by atoms with Gasteiger partial charge in [0.1, 0.15) is 12.4 Å². The van der Waals surface area contributed by atoms with E-state index < -0.39 is 10.8 Å². The van der Waals surface area contributed by atoms with E-state index in [2.05, 4.69) is 15.7 Å². The number of nitrogens with zero attached hydrogens (tertiary/aromatic N) is 3. The van der Waals surface area contributed by atoms with Gasteiger partial charge in [0.2, 0.25) is 5.91 Å². The Balaban J connectivity index is 1.48. The summed E-state index contributed by atoms with van der Waals surface area (Å²) >= 11 is 1.68. The van der Waals surface area contributed by atoms with Crippen LogP contribution in [0.2, 0.25) is 0 Å². The molecular weight excluding hydrogens is 418 g/mol. The summed E-state index contributed by atoms with van der Waals surface area (Å²) in [6, 6.07) is 14.9. The first-order chi connectivity index (χ1) is 15.0. The summed E-state index contributed by atoms with van der Waals surface area (Å²) in [5, 5.41) is 21.0. The second-order valence-corrected chi connectivity index (χ2v) is 7.93. The van der Waals surface area contributed by atoms with Crippen LogP contribution < -0.4 is 10.6 Å². The smallest absolute Gasteiger partial charge is 0.269 e. The van der Waals surface area contributed by atoms with Gasteiger partial charge in [-0.05, 0) is 17.7 Å². The second kappa shape index (κ2) is 9.00. The van der Waals surface area contributed by atoms with Crippen LogP contribution in [0.1, 0.15) is 27.2 Å². The highest BCUT2D eigenvalue weighted by Crippen LogP contribution is 2.35. The van der Waals surface area contributed by atoms with Gasteiger partial charge in [-0.25, -0.2) is 4.68 Å². The molecule has 2 aromatic carbocycles. The number of fused-ring (bicyclic) bond motifs is 1. The maximum atomic E-state index is 12.7. The molecule has 0 aliphatic carbocycles. The molecule has 2 N–H and O–H groups in total. The van der Waals surface area contributed by atoms with Gasteiger partial charge < -0.3 is 10.6 Å². The minimum Gasteiger partial charge on any atom is -0.350 e. The molecule has 158 valence electrons. The van der Waals surface area contributed by atoms with Gasteiger partial charge in [-0.2, -0.15) is 16.9 Å². The second-order valence-electron chi connectivity index (χ2n) is 6.94. The Morgan fingerprint density at radius 1 is 1.10 bits per heavy atom. The third kappa shape index (κ3) is 4.75. The molecule has 4 rings (SSSR count). The van der Waals surface area contributed by atoms with Gasteiger partial charge in [-0.15, -0.1) is 0 Å². The number of nitrogens with one attached hydrogen (secondary N) is 2. The Bertz CT molecular complexity index is 1130. The number of rotatable bonds is 7. The minimum atomic E-state index is -0.519. The molecule has 31 heavy (non-hydrogen) atoms. The number of anilines is 1. The van der Waals surface area contributed by atoms with Crippen molar-refractivity contribution in [1.29, 1.82) is 0 Å². The van der Waals surface area contributed by atoms with Crippen LogP contribution in [0.3, 0.4) is 0 Å². The van der Waals surface area contributed by atoms with E-state index in [1.165, 1.54) is 28.9 Å². The predicted octanol–water partition coefficient (Wildman–Crippen LogP) is 3.11. The van der Waals surface area contributed by atoms with E-state index >= 15 is 0 Å². The number of aromatic nitrogens is 2. The number of nitro benzene ring substituents is 1. The third-order valence-electron chi connectivity index (χ3n) is 4.82. The van der Waals surface area contributed by atoms with Crippen molar-refractivity contribution in [3.05, 3.63) is 87.1 Å². The zero-order valence-corrected chi connectivity index (χ0v) is 17.2. The van der Waals surface area contributed by atoms with Crippen LogP contribution in [0, 0.1) is 10.1 Å². The fourth-order valence-corrected chi connectivity index (χ4v) is 4.26. The minimum absolute atomic E-state index is 0.0274. The topological polar surface area (TPSA) is 119 Å². The first kappa shape index (κ1) is 20.6. The van der Waals surface area contributed by atoms with E-state index in [4.69, 9.17) is 0 Å². The van der Waals surface area contributed by atoms with Crippen LogP contribution in [0.15, 0.2) is 54.6 Å². The normalized spacial score (nSPS) is 12.3. The lowest BCUT2D eigenvalue weighted by molar-refractivity contribution is -0.384. The van der Waals surface area contributed by atoms with E-state index in [0.29, 0.717) is 23.9 Å². The number of amides is 2. The third-order valence-corrected chi connectivity index (χ3v) is 5.79. The highest BCUT2D eigenvalue weighted by molar-refractivity contribution is 7.98. The molecule has 2 heterocycles. The molecule has 1 aliphatic heterocycles. The number of hydrogen-bond acceptors (Lipinski definition) is 6. The van der Waals surface area contributed by atoms with E-state index in [0.717, 1.165) is 16.8 Å². The molecule has 1 aromatic heterocycles. The molecule has 0 radical (unpaired) electrons. The Kier molecular flexibility index (Phi) is 5.99. The van der Waals surface area contributed by atoms with E-state index in [1.807, 2.05) is 30.3 Å². The van der Waals surface area contributed by atoms with Crippen molar-refractivity contribution in [3.8, 4) is 0 Å². The van der Waals surface area contributed by atoms with Crippen LogP contribution in [0.25, 0.3) is 0 Å². The molecule has 0 fully saturated rings. The Morgan fingerprint density at radius 3 is 2.55 bits per heavy atom. The fraction of sp³-hybridized carbons (Fsp3) is 0.190. The van der Waals surface area contributed by atoms with Crippen molar-refractivity contribution >= 4 is 35.1 Å². The SMILES string of the molecule is O=C(Cn1nc2c(c1NC(=O)c1ccc([N+](=O)[O-])cc1)CSC2)NCc1ccccc1. The summed E-state index contributed by atoms with van der Waals surface area (Å²) in [6.45, 7) is 0.376. The summed E-state index contributed by atoms with van der Waals surface area (Å²) in [7, 11) is 0. The number of benzene rings is 2. The molecule has 3 aromatic rings.